The second kappa shape index (κ2) is 8.57. The summed E-state index contributed by atoms with van der Waals surface area (Å²) in [6.45, 7) is 2.90. The maximum atomic E-state index is 12.3. The molecule has 21 heavy (non-hydrogen) atoms. The molecule has 1 aromatic rings. The Morgan fingerprint density at radius 2 is 1.76 bits per heavy atom. The average Bonchev–Trinajstić information content (AvgIpc) is 3.30. The van der Waals surface area contributed by atoms with Crippen LogP contribution in [-0.4, -0.2) is 41.5 Å². The normalized spacial score (nSPS) is 18.6. The van der Waals surface area contributed by atoms with E-state index in [2.05, 4.69) is 10.3 Å². The van der Waals surface area contributed by atoms with E-state index < -0.39 is 0 Å². The number of hydrogen-bond acceptors (Lipinski definition) is 3. The van der Waals surface area contributed by atoms with E-state index >= 15 is 0 Å². The number of piperidine rings is 1. The molecule has 6 heteroatoms. The number of likely N-dealkylation sites (tertiary alicyclic amines) is 1. The van der Waals surface area contributed by atoms with Crippen LogP contribution in [0.2, 0.25) is 0 Å². The number of hydrogen-bond donors (Lipinski definition) is 1. The third-order valence-corrected chi connectivity index (χ3v) is 4.10. The van der Waals surface area contributed by atoms with E-state index in [-0.39, 0.29) is 30.7 Å². The van der Waals surface area contributed by atoms with Crippen LogP contribution in [0.5, 0.6) is 0 Å². The van der Waals surface area contributed by atoms with Gasteiger partial charge in [0.1, 0.15) is 0 Å². The monoisotopic (exact) mass is 331 g/mol. The van der Waals surface area contributed by atoms with Crippen LogP contribution in [0.15, 0.2) is 24.5 Å². The second-order valence-corrected chi connectivity index (χ2v) is 5.65. The molecule has 0 aromatic carbocycles. The van der Waals surface area contributed by atoms with E-state index in [4.69, 9.17) is 0 Å². The lowest BCUT2D eigenvalue weighted by Crippen LogP contribution is -2.45. The number of carbonyl (C=O) groups is 1. The summed E-state index contributed by atoms with van der Waals surface area (Å²) >= 11 is 0. The molecule has 2 aliphatic rings. The minimum Gasteiger partial charge on any atom is -0.339 e. The van der Waals surface area contributed by atoms with E-state index in [0.29, 0.717) is 6.04 Å². The number of amides is 1. The standard InChI is InChI=1S/C15H21N3O.2ClH/c19-15(13-3-7-16-8-4-13)18-9-5-14(6-10-18)17-11-12-1-2-12;;/h3-4,7-8,12,14,17H,1-2,5-6,9-11H2;2*1H. The smallest absolute Gasteiger partial charge is 0.253 e. The summed E-state index contributed by atoms with van der Waals surface area (Å²) in [5.41, 5.74) is 0.749. The van der Waals surface area contributed by atoms with Crippen LogP contribution >= 0.6 is 24.8 Å². The number of carbonyl (C=O) groups excluding carboxylic acids is 1. The van der Waals surface area contributed by atoms with Gasteiger partial charge in [-0.05, 0) is 50.3 Å². The van der Waals surface area contributed by atoms with Crippen LogP contribution in [0.3, 0.4) is 0 Å². The number of halogens is 2. The molecule has 1 aliphatic heterocycles. The SMILES string of the molecule is Cl.Cl.O=C(c1ccncc1)N1CCC(NCC2CC2)CC1. The van der Waals surface area contributed by atoms with Gasteiger partial charge >= 0.3 is 0 Å². The van der Waals surface area contributed by atoms with Gasteiger partial charge < -0.3 is 10.2 Å². The zero-order chi connectivity index (χ0) is 13.1. The largest absolute Gasteiger partial charge is 0.339 e. The van der Waals surface area contributed by atoms with Crippen molar-refractivity contribution in [2.45, 2.75) is 31.7 Å². The van der Waals surface area contributed by atoms with Crippen LogP contribution in [0, 0.1) is 5.92 Å². The van der Waals surface area contributed by atoms with Crippen molar-refractivity contribution in [3.05, 3.63) is 30.1 Å². The molecule has 0 bridgehead atoms. The highest BCUT2D eigenvalue weighted by Crippen LogP contribution is 2.28. The predicted octanol–water partition coefficient (Wildman–Crippen LogP) is 2.53. The van der Waals surface area contributed by atoms with Gasteiger partial charge in [-0.3, -0.25) is 9.78 Å². The quantitative estimate of drug-likeness (QED) is 0.922. The Labute approximate surface area is 138 Å². The minimum atomic E-state index is 0. The van der Waals surface area contributed by atoms with Gasteiger partial charge in [-0.2, -0.15) is 0 Å². The van der Waals surface area contributed by atoms with Crippen molar-refractivity contribution in [2.24, 2.45) is 5.92 Å². The van der Waals surface area contributed by atoms with Gasteiger partial charge in [0.05, 0.1) is 0 Å². The Kier molecular flexibility index (Phi) is 7.43. The molecule has 1 saturated carbocycles. The number of nitrogens with one attached hydrogen (secondary N) is 1. The van der Waals surface area contributed by atoms with Crippen molar-refractivity contribution in [1.29, 1.82) is 0 Å². The van der Waals surface area contributed by atoms with Crippen molar-refractivity contribution < 1.29 is 4.79 Å². The van der Waals surface area contributed by atoms with Crippen molar-refractivity contribution in [3.8, 4) is 0 Å². The van der Waals surface area contributed by atoms with Crippen LogP contribution in [0.25, 0.3) is 0 Å². The van der Waals surface area contributed by atoms with Gasteiger partial charge in [-0.25, -0.2) is 0 Å². The molecule has 0 spiro atoms. The topological polar surface area (TPSA) is 45.2 Å². The zero-order valence-corrected chi connectivity index (χ0v) is 13.7. The highest BCUT2D eigenvalue weighted by atomic mass is 35.5. The van der Waals surface area contributed by atoms with Gasteiger partial charge in [0, 0.05) is 37.1 Å². The number of nitrogens with zero attached hydrogens (tertiary/aromatic N) is 2. The third kappa shape index (κ3) is 5.13. The summed E-state index contributed by atoms with van der Waals surface area (Å²) in [4.78, 5) is 18.2. The lowest BCUT2D eigenvalue weighted by molar-refractivity contribution is 0.0705. The molecule has 1 N–H and O–H groups in total. The maximum absolute atomic E-state index is 12.3. The van der Waals surface area contributed by atoms with Crippen LogP contribution < -0.4 is 5.32 Å². The molecule has 1 saturated heterocycles. The molecule has 4 nitrogen and oxygen atoms in total. The lowest BCUT2D eigenvalue weighted by atomic mass is 10.0. The van der Waals surface area contributed by atoms with E-state index in [1.807, 2.05) is 4.90 Å². The summed E-state index contributed by atoms with van der Waals surface area (Å²) in [7, 11) is 0. The van der Waals surface area contributed by atoms with Crippen LogP contribution in [0.4, 0.5) is 0 Å². The fourth-order valence-corrected chi connectivity index (χ4v) is 2.62. The molecule has 0 unspecified atom stereocenters. The van der Waals surface area contributed by atoms with Gasteiger partial charge in [0.2, 0.25) is 0 Å². The number of pyridine rings is 1. The molecule has 3 rings (SSSR count). The van der Waals surface area contributed by atoms with Crippen molar-refractivity contribution >= 4 is 30.7 Å². The molecular formula is C15H23Cl2N3O. The highest BCUT2D eigenvalue weighted by molar-refractivity contribution is 5.94. The Hall–Kier alpha value is -0.840. The predicted molar refractivity (Wildman–Crippen MR) is 88.4 cm³/mol. The first-order valence-electron chi connectivity index (χ1n) is 7.25. The Morgan fingerprint density at radius 1 is 1.14 bits per heavy atom. The highest BCUT2D eigenvalue weighted by Gasteiger charge is 2.26. The van der Waals surface area contributed by atoms with Crippen molar-refractivity contribution in [1.82, 2.24) is 15.2 Å². The first kappa shape index (κ1) is 18.2. The zero-order valence-electron chi connectivity index (χ0n) is 12.0. The van der Waals surface area contributed by atoms with E-state index in [0.717, 1.165) is 37.4 Å². The summed E-state index contributed by atoms with van der Waals surface area (Å²) in [6.07, 6.45) is 8.29. The van der Waals surface area contributed by atoms with Crippen LogP contribution in [-0.2, 0) is 0 Å². The fourth-order valence-electron chi connectivity index (χ4n) is 2.62. The van der Waals surface area contributed by atoms with Crippen LogP contribution in [0.1, 0.15) is 36.0 Å². The van der Waals surface area contributed by atoms with Gasteiger partial charge in [-0.15, -0.1) is 24.8 Å². The maximum Gasteiger partial charge on any atom is 0.253 e. The Morgan fingerprint density at radius 3 is 2.33 bits per heavy atom. The molecule has 0 atom stereocenters. The molecule has 1 aliphatic carbocycles. The Bertz CT molecular complexity index is 432. The summed E-state index contributed by atoms with van der Waals surface area (Å²) in [5, 5.41) is 3.63. The van der Waals surface area contributed by atoms with Gasteiger partial charge in [0.25, 0.3) is 5.91 Å². The summed E-state index contributed by atoms with van der Waals surface area (Å²) in [5.74, 6) is 1.07. The fraction of sp³-hybridized carbons (Fsp3) is 0.600. The third-order valence-electron chi connectivity index (χ3n) is 4.10. The van der Waals surface area contributed by atoms with Gasteiger partial charge in [-0.1, -0.05) is 0 Å². The molecular weight excluding hydrogens is 309 g/mol. The molecule has 118 valence electrons. The first-order valence-corrected chi connectivity index (χ1v) is 7.25. The summed E-state index contributed by atoms with van der Waals surface area (Å²) in [6, 6.07) is 4.18. The average molecular weight is 332 g/mol. The number of rotatable bonds is 4. The molecule has 2 heterocycles. The van der Waals surface area contributed by atoms with E-state index in [9.17, 15) is 4.79 Å². The van der Waals surface area contributed by atoms with E-state index in [1.165, 1.54) is 19.4 Å². The minimum absolute atomic E-state index is 0. The van der Waals surface area contributed by atoms with Gasteiger partial charge in [0.15, 0.2) is 0 Å². The molecule has 1 amide bonds. The van der Waals surface area contributed by atoms with E-state index in [1.54, 1.807) is 24.5 Å². The van der Waals surface area contributed by atoms with Crippen molar-refractivity contribution in [3.63, 3.8) is 0 Å². The first-order chi connectivity index (χ1) is 9.33. The van der Waals surface area contributed by atoms with Crippen molar-refractivity contribution in [2.75, 3.05) is 19.6 Å². The molecule has 2 fully saturated rings. The number of aromatic nitrogens is 1. The second-order valence-electron chi connectivity index (χ2n) is 5.65. The summed E-state index contributed by atoms with van der Waals surface area (Å²) < 4.78 is 0. The molecule has 1 aromatic heterocycles. The Balaban J connectivity index is 0.00000110. The molecule has 0 radical (unpaired) electrons. The lowest BCUT2D eigenvalue weighted by Gasteiger charge is -2.32.